The molecule has 4 saturated carbocycles. The largest absolute Gasteiger partial charge is 0.427 e. The molecule has 4 fully saturated rings. The molecule has 0 spiro atoms. The third-order valence-electron chi connectivity index (χ3n) is 12.6. The number of aromatic nitrogens is 1. The van der Waals surface area contributed by atoms with E-state index in [4.69, 9.17) is 18.9 Å². The van der Waals surface area contributed by atoms with E-state index in [1.807, 2.05) is 6.07 Å². The van der Waals surface area contributed by atoms with Gasteiger partial charge in [-0.1, -0.05) is 30.3 Å². The Balaban J connectivity index is 1.09. The monoisotopic (exact) mass is 890 g/mol. The maximum Gasteiger partial charge on any atom is 0.341 e. The van der Waals surface area contributed by atoms with Gasteiger partial charge in [-0.15, -0.1) is 0 Å². The van der Waals surface area contributed by atoms with Crippen LogP contribution in [0, 0.1) is 34.0 Å². The Morgan fingerprint density at radius 2 is 1.18 bits per heavy atom. The van der Waals surface area contributed by atoms with Gasteiger partial charge in [-0.25, -0.2) is 9.59 Å². The molecule has 8 rings (SSSR count). The summed E-state index contributed by atoms with van der Waals surface area (Å²) in [5.74, 6) is -3.57. The number of ether oxygens (including phenoxy) is 4. The van der Waals surface area contributed by atoms with Crippen LogP contribution in [0.1, 0.15) is 133 Å². The van der Waals surface area contributed by atoms with Crippen molar-refractivity contribution < 1.29 is 52.5 Å². The first-order valence-corrected chi connectivity index (χ1v) is 22.1. The van der Waals surface area contributed by atoms with Crippen LogP contribution >= 0.6 is 0 Å². The number of rotatable bonds is 15. The molecular weight excluding hydrogens is 833 g/mol. The Bertz CT molecular complexity index is 2380. The number of benzene rings is 3. The summed E-state index contributed by atoms with van der Waals surface area (Å²) in [6.07, 6.45) is 8.96. The zero-order chi connectivity index (χ0) is 46.7. The molecule has 1 atom stereocenters. The lowest BCUT2D eigenvalue weighted by Crippen LogP contribution is -2.51. The Morgan fingerprint density at radius 1 is 0.662 bits per heavy atom. The van der Waals surface area contributed by atoms with Crippen LogP contribution in [-0.2, 0) is 33.3 Å². The van der Waals surface area contributed by atoms with E-state index in [-0.39, 0.29) is 45.8 Å². The number of anilines is 1. The standard InChI is InChI=1S/C50H58N4O11/c1-48(2,3)46(60)64-27-62-44(58)34-17-35(45(59)63-28-65-47(61)49(4,5)6)19-36(18-34)54-43(57)39(32-10-8-7-9-11-32)25-52-41(55)37-20-33-12-13-51-40(33)21-38(37)42(56)53-26-50-22-29-14-30(23-50)16-31(15-29)24-50/h7-13,17-21,29-31,39,51H,14-16,22-28H2,1-6H3,(H,52,55)(H,53,56)(H,54,57). The fourth-order valence-corrected chi connectivity index (χ4v) is 9.72. The van der Waals surface area contributed by atoms with Crippen LogP contribution in [-0.4, -0.2) is 73.3 Å². The summed E-state index contributed by atoms with van der Waals surface area (Å²) in [6, 6.07) is 17.6. The van der Waals surface area contributed by atoms with Gasteiger partial charge >= 0.3 is 23.9 Å². The SMILES string of the molecule is CC(C)(C)C(=O)OCOC(=O)c1cc(NC(=O)C(CNC(=O)c2cc3cc[nH]c3cc2C(=O)NCC23CC4CC(CC(C4)C2)C3)c2ccccc2)cc(C(=O)OCOC(=O)C(C)(C)C)c1. The summed E-state index contributed by atoms with van der Waals surface area (Å²) < 4.78 is 20.5. The van der Waals surface area contributed by atoms with Crippen molar-refractivity contribution in [2.24, 2.45) is 34.0 Å². The fourth-order valence-electron chi connectivity index (χ4n) is 9.72. The van der Waals surface area contributed by atoms with Gasteiger partial charge in [-0.3, -0.25) is 24.0 Å². The summed E-state index contributed by atoms with van der Waals surface area (Å²) >= 11 is 0. The Hall–Kier alpha value is -6.51. The van der Waals surface area contributed by atoms with Gasteiger partial charge in [0.25, 0.3) is 11.8 Å². The third-order valence-corrected chi connectivity index (χ3v) is 12.6. The Morgan fingerprint density at radius 3 is 1.72 bits per heavy atom. The van der Waals surface area contributed by atoms with E-state index >= 15 is 0 Å². The number of H-pyrrole nitrogens is 1. The molecule has 4 N–H and O–H groups in total. The second-order valence-electron chi connectivity index (χ2n) is 20.0. The molecule has 15 heteroatoms. The molecule has 3 amide bonds. The number of amides is 3. The normalized spacial score (nSPS) is 20.3. The minimum atomic E-state index is -1.01. The molecule has 4 aromatic rings. The predicted octanol–water partition coefficient (Wildman–Crippen LogP) is 7.67. The van der Waals surface area contributed by atoms with Crippen molar-refractivity contribution in [2.45, 2.75) is 86.0 Å². The summed E-state index contributed by atoms with van der Waals surface area (Å²) in [7, 11) is 0. The molecule has 0 aliphatic heterocycles. The smallest absolute Gasteiger partial charge is 0.341 e. The van der Waals surface area contributed by atoms with Gasteiger partial charge in [0, 0.05) is 35.9 Å². The van der Waals surface area contributed by atoms with E-state index in [0.717, 1.165) is 48.5 Å². The molecule has 1 unspecified atom stereocenters. The number of carbonyl (C=O) groups is 7. The molecule has 15 nitrogen and oxygen atoms in total. The highest BCUT2D eigenvalue weighted by molar-refractivity contribution is 6.10. The van der Waals surface area contributed by atoms with Crippen molar-refractivity contribution in [3.05, 3.63) is 101 Å². The van der Waals surface area contributed by atoms with Crippen LogP contribution in [0.15, 0.2) is 72.9 Å². The first kappa shape index (κ1) is 46.5. The molecule has 4 bridgehead atoms. The number of carbonyl (C=O) groups excluding carboxylic acids is 7. The van der Waals surface area contributed by atoms with Crippen LogP contribution in [0.3, 0.4) is 0 Å². The summed E-state index contributed by atoms with van der Waals surface area (Å²) in [5.41, 5.74) is -0.446. The molecule has 3 aromatic carbocycles. The summed E-state index contributed by atoms with van der Waals surface area (Å²) in [6.45, 7) is 8.73. The van der Waals surface area contributed by atoms with Crippen molar-refractivity contribution in [2.75, 3.05) is 32.0 Å². The number of esters is 4. The van der Waals surface area contributed by atoms with Gasteiger partial charge in [-0.2, -0.15) is 0 Å². The lowest BCUT2D eigenvalue weighted by Gasteiger charge is -2.56. The van der Waals surface area contributed by atoms with Gasteiger partial charge in [-0.05, 0) is 145 Å². The molecular formula is C50H58N4O11. The van der Waals surface area contributed by atoms with Crippen LogP contribution in [0.25, 0.3) is 10.9 Å². The van der Waals surface area contributed by atoms with Gasteiger partial charge in [0.1, 0.15) is 0 Å². The van der Waals surface area contributed by atoms with Crippen LogP contribution in [0.2, 0.25) is 0 Å². The lowest BCUT2D eigenvalue weighted by atomic mass is 9.49. The average molecular weight is 891 g/mol. The molecule has 4 aliphatic carbocycles. The number of hydrogen-bond donors (Lipinski definition) is 4. The maximum absolute atomic E-state index is 14.3. The third kappa shape index (κ3) is 11.2. The molecule has 0 saturated heterocycles. The number of nitrogens with one attached hydrogen (secondary N) is 4. The Kier molecular flexibility index (Phi) is 13.5. The van der Waals surface area contributed by atoms with E-state index in [9.17, 15) is 33.6 Å². The Labute approximate surface area is 378 Å². The van der Waals surface area contributed by atoms with Gasteiger partial charge in [0.2, 0.25) is 19.5 Å². The van der Waals surface area contributed by atoms with E-state index < -0.39 is 66.0 Å². The van der Waals surface area contributed by atoms with Crippen LogP contribution in [0.4, 0.5) is 5.69 Å². The molecule has 0 radical (unpaired) electrons. The molecule has 1 heterocycles. The number of hydrogen-bond acceptors (Lipinski definition) is 11. The highest BCUT2D eigenvalue weighted by Gasteiger charge is 2.51. The van der Waals surface area contributed by atoms with Crippen molar-refractivity contribution in [3.8, 4) is 0 Å². The second-order valence-corrected chi connectivity index (χ2v) is 20.0. The topological polar surface area (TPSA) is 208 Å². The van der Waals surface area contributed by atoms with Crippen LogP contribution < -0.4 is 16.0 Å². The van der Waals surface area contributed by atoms with Crippen molar-refractivity contribution in [1.29, 1.82) is 0 Å². The zero-order valence-corrected chi connectivity index (χ0v) is 37.8. The second kappa shape index (κ2) is 18.9. The van der Waals surface area contributed by atoms with Crippen molar-refractivity contribution in [3.63, 3.8) is 0 Å². The molecule has 1 aromatic heterocycles. The van der Waals surface area contributed by atoms with Crippen LogP contribution in [0.5, 0.6) is 0 Å². The first-order valence-electron chi connectivity index (χ1n) is 22.1. The summed E-state index contributed by atoms with van der Waals surface area (Å²) in [4.78, 5) is 96.7. The minimum absolute atomic E-state index is 0.0158. The number of fused-ring (bicyclic) bond motifs is 1. The maximum atomic E-state index is 14.3. The van der Waals surface area contributed by atoms with Gasteiger partial charge in [0.15, 0.2) is 0 Å². The number of aromatic amines is 1. The molecule has 4 aliphatic rings. The highest BCUT2D eigenvalue weighted by Crippen LogP contribution is 2.59. The highest BCUT2D eigenvalue weighted by atomic mass is 16.7. The zero-order valence-electron chi connectivity index (χ0n) is 37.8. The van der Waals surface area contributed by atoms with Crippen molar-refractivity contribution >= 4 is 58.2 Å². The lowest BCUT2D eigenvalue weighted by molar-refractivity contribution is -0.162. The fraction of sp³-hybridized carbons (Fsp3) is 0.460. The molecule has 344 valence electrons. The van der Waals surface area contributed by atoms with E-state index in [1.54, 1.807) is 90.2 Å². The quantitative estimate of drug-likeness (QED) is 0.0673. The van der Waals surface area contributed by atoms with E-state index in [2.05, 4.69) is 20.9 Å². The van der Waals surface area contributed by atoms with Gasteiger partial charge in [0.05, 0.1) is 39.0 Å². The van der Waals surface area contributed by atoms with E-state index in [1.165, 1.54) is 31.4 Å². The first-order chi connectivity index (χ1) is 30.8. The van der Waals surface area contributed by atoms with E-state index in [0.29, 0.717) is 17.6 Å². The van der Waals surface area contributed by atoms with Gasteiger partial charge < -0.3 is 39.9 Å². The van der Waals surface area contributed by atoms with Crippen molar-refractivity contribution in [1.82, 2.24) is 15.6 Å². The average Bonchev–Trinajstić information content (AvgIpc) is 3.72. The predicted molar refractivity (Wildman–Crippen MR) is 239 cm³/mol. The summed E-state index contributed by atoms with van der Waals surface area (Å²) in [5, 5.41) is 9.59. The minimum Gasteiger partial charge on any atom is -0.427 e. The molecule has 65 heavy (non-hydrogen) atoms.